The maximum Gasteiger partial charge on any atom is 0.241 e. The van der Waals surface area contributed by atoms with Crippen molar-refractivity contribution < 1.29 is 8.42 Å². The van der Waals surface area contributed by atoms with Crippen molar-refractivity contribution in [2.24, 2.45) is 5.73 Å². The number of hydrogen-bond acceptors (Lipinski definition) is 3. The van der Waals surface area contributed by atoms with Crippen molar-refractivity contribution in [2.45, 2.75) is 37.1 Å². The molecule has 0 spiro atoms. The quantitative estimate of drug-likeness (QED) is 0.844. The predicted molar refractivity (Wildman–Crippen MR) is 67.3 cm³/mol. The summed E-state index contributed by atoms with van der Waals surface area (Å²) in [6.45, 7) is 4.22. The molecule has 1 aliphatic rings. The number of rotatable bonds is 4. The summed E-state index contributed by atoms with van der Waals surface area (Å²) in [4.78, 5) is 0.320. The zero-order valence-electron chi connectivity index (χ0n) is 10.2. The lowest BCUT2D eigenvalue weighted by Crippen LogP contribution is -2.42. The number of nitrogens with one attached hydrogen (secondary N) is 1. The van der Waals surface area contributed by atoms with E-state index in [0.717, 1.165) is 24.0 Å². The van der Waals surface area contributed by atoms with Crippen LogP contribution in [0.25, 0.3) is 0 Å². The highest BCUT2D eigenvalue weighted by molar-refractivity contribution is 7.89. The van der Waals surface area contributed by atoms with Gasteiger partial charge in [-0.2, -0.15) is 0 Å². The lowest BCUT2D eigenvalue weighted by atomic mass is 10.1. The van der Waals surface area contributed by atoms with Crippen LogP contribution in [0.2, 0.25) is 0 Å². The van der Waals surface area contributed by atoms with E-state index in [1.165, 1.54) is 0 Å². The summed E-state index contributed by atoms with van der Waals surface area (Å²) in [5.74, 6) is 0. The van der Waals surface area contributed by atoms with Gasteiger partial charge in [-0.05, 0) is 49.9 Å². The highest BCUT2D eigenvalue weighted by Crippen LogP contribution is 2.35. The van der Waals surface area contributed by atoms with Gasteiger partial charge >= 0.3 is 0 Å². The Morgan fingerprint density at radius 3 is 2.41 bits per heavy atom. The van der Waals surface area contributed by atoms with Crippen molar-refractivity contribution in [2.75, 3.05) is 6.54 Å². The molecule has 3 N–H and O–H groups in total. The fraction of sp³-hybridized carbons (Fsp3) is 0.500. The standard InChI is InChI=1S/C12H18N2O2S/c1-9-3-4-11(7-10(9)2)17(15,16)14-12(8-13)5-6-12/h3-4,7,14H,5-6,8,13H2,1-2H3. The number of benzene rings is 1. The first-order valence-electron chi connectivity index (χ1n) is 5.70. The van der Waals surface area contributed by atoms with Crippen LogP contribution >= 0.6 is 0 Å². The minimum Gasteiger partial charge on any atom is -0.329 e. The van der Waals surface area contributed by atoms with Crippen LogP contribution in [0.3, 0.4) is 0 Å². The molecule has 17 heavy (non-hydrogen) atoms. The number of nitrogens with two attached hydrogens (primary N) is 1. The summed E-state index contributed by atoms with van der Waals surface area (Å²) >= 11 is 0. The minimum absolute atomic E-state index is 0.320. The molecule has 1 aromatic rings. The molecule has 0 atom stereocenters. The molecule has 0 heterocycles. The van der Waals surface area contributed by atoms with Crippen LogP contribution in [-0.2, 0) is 10.0 Å². The van der Waals surface area contributed by atoms with E-state index in [-0.39, 0.29) is 0 Å². The molecule has 1 aromatic carbocycles. The van der Waals surface area contributed by atoms with Crippen molar-refractivity contribution in [1.82, 2.24) is 4.72 Å². The second-order valence-electron chi connectivity index (χ2n) is 4.84. The van der Waals surface area contributed by atoms with E-state index < -0.39 is 15.6 Å². The fourth-order valence-corrected chi connectivity index (χ4v) is 3.28. The van der Waals surface area contributed by atoms with Gasteiger partial charge in [0.25, 0.3) is 0 Å². The zero-order valence-corrected chi connectivity index (χ0v) is 11.0. The molecule has 0 saturated heterocycles. The predicted octanol–water partition coefficient (Wildman–Crippen LogP) is 1.07. The van der Waals surface area contributed by atoms with Crippen molar-refractivity contribution in [3.8, 4) is 0 Å². The van der Waals surface area contributed by atoms with Crippen LogP contribution in [0.15, 0.2) is 23.1 Å². The summed E-state index contributed by atoms with van der Waals surface area (Å²) in [7, 11) is -3.44. The monoisotopic (exact) mass is 254 g/mol. The second-order valence-corrected chi connectivity index (χ2v) is 6.52. The molecular formula is C12H18N2O2S. The van der Waals surface area contributed by atoms with Crippen LogP contribution in [0.5, 0.6) is 0 Å². The first-order valence-corrected chi connectivity index (χ1v) is 7.18. The third kappa shape index (κ3) is 2.51. The van der Waals surface area contributed by atoms with Crippen molar-refractivity contribution in [3.63, 3.8) is 0 Å². The van der Waals surface area contributed by atoms with E-state index in [1.54, 1.807) is 12.1 Å². The van der Waals surface area contributed by atoms with Gasteiger partial charge in [0, 0.05) is 12.1 Å². The molecule has 1 fully saturated rings. The van der Waals surface area contributed by atoms with E-state index in [2.05, 4.69) is 4.72 Å². The van der Waals surface area contributed by atoms with Crippen LogP contribution in [0.1, 0.15) is 24.0 Å². The molecule has 94 valence electrons. The van der Waals surface area contributed by atoms with Crippen LogP contribution < -0.4 is 10.5 Å². The average Bonchev–Trinajstić information content (AvgIpc) is 3.02. The van der Waals surface area contributed by atoms with Crippen molar-refractivity contribution >= 4 is 10.0 Å². The largest absolute Gasteiger partial charge is 0.329 e. The highest BCUT2D eigenvalue weighted by atomic mass is 32.2. The van der Waals surface area contributed by atoms with Crippen LogP contribution in [-0.4, -0.2) is 20.5 Å². The normalized spacial score (nSPS) is 18.1. The van der Waals surface area contributed by atoms with E-state index in [4.69, 9.17) is 5.73 Å². The molecule has 1 saturated carbocycles. The van der Waals surface area contributed by atoms with Gasteiger partial charge in [0.15, 0.2) is 0 Å². The molecule has 0 aromatic heterocycles. The first-order chi connectivity index (χ1) is 7.88. The third-order valence-electron chi connectivity index (χ3n) is 3.38. The Hall–Kier alpha value is -0.910. The zero-order chi connectivity index (χ0) is 12.7. The van der Waals surface area contributed by atoms with Gasteiger partial charge < -0.3 is 5.73 Å². The molecule has 0 radical (unpaired) electrons. The van der Waals surface area contributed by atoms with Gasteiger partial charge in [-0.1, -0.05) is 6.07 Å². The SMILES string of the molecule is Cc1ccc(S(=O)(=O)NC2(CN)CC2)cc1C. The van der Waals surface area contributed by atoms with E-state index in [0.29, 0.717) is 11.4 Å². The number of hydrogen-bond donors (Lipinski definition) is 2. The van der Waals surface area contributed by atoms with E-state index >= 15 is 0 Å². The second kappa shape index (κ2) is 4.08. The topological polar surface area (TPSA) is 72.2 Å². The molecule has 0 bridgehead atoms. The lowest BCUT2D eigenvalue weighted by molar-refractivity contribution is 0.545. The smallest absolute Gasteiger partial charge is 0.241 e. The summed E-state index contributed by atoms with van der Waals surface area (Å²) in [5, 5.41) is 0. The Morgan fingerprint density at radius 1 is 1.29 bits per heavy atom. The fourth-order valence-electron chi connectivity index (χ4n) is 1.72. The first kappa shape index (κ1) is 12.5. The average molecular weight is 254 g/mol. The third-order valence-corrected chi connectivity index (χ3v) is 4.96. The molecule has 1 aliphatic carbocycles. The number of sulfonamides is 1. The van der Waals surface area contributed by atoms with Gasteiger partial charge in [-0.15, -0.1) is 0 Å². The Labute approximate surface area is 102 Å². The summed E-state index contributed by atoms with van der Waals surface area (Å²) in [6, 6.07) is 5.16. The van der Waals surface area contributed by atoms with Gasteiger partial charge in [-0.3, -0.25) is 0 Å². The maximum absolute atomic E-state index is 12.1. The minimum atomic E-state index is -3.44. The number of aryl methyl sites for hydroxylation is 2. The van der Waals surface area contributed by atoms with Crippen LogP contribution in [0.4, 0.5) is 0 Å². The van der Waals surface area contributed by atoms with E-state index in [9.17, 15) is 8.42 Å². The summed E-state index contributed by atoms with van der Waals surface area (Å²) < 4.78 is 27.0. The van der Waals surface area contributed by atoms with Crippen molar-refractivity contribution in [3.05, 3.63) is 29.3 Å². The Balaban J connectivity index is 2.29. The van der Waals surface area contributed by atoms with Gasteiger partial charge in [-0.25, -0.2) is 13.1 Å². The van der Waals surface area contributed by atoms with Crippen molar-refractivity contribution in [1.29, 1.82) is 0 Å². The molecule has 0 aliphatic heterocycles. The van der Waals surface area contributed by atoms with Gasteiger partial charge in [0.05, 0.1) is 4.90 Å². The Bertz CT molecular complexity index is 533. The highest BCUT2D eigenvalue weighted by Gasteiger charge is 2.44. The Kier molecular flexibility index (Phi) is 3.01. The van der Waals surface area contributed by atoms with E-state index in [1.807, 2.05) is 19.9 Å². The lowest BCUT2D eigenvalue weighted by Gasteiger charge is -2.15. The summed E-state index contributed by atoms with van der Waals surface area (Å²) in [5.41, 5.74) is 7.25. The molecule has 2 rings (SSSR count). The molecule has 4 nitrogen and oxygen atoms in total. The molecule has 0 amide bonds. The summed E-state index contributed by atoms with van der Waals surface area (Å²) in [6.07, 6.45) is 1.65. The Morgan fingerprint density at radius 2 is 1.94 bits per heavy atom. The van der Waals surface area contributed by atoms with Crippen LogP contribution in [0, 0.1) is 13.8 Å². The maximum atomic E-state index is 12.1. The van der Waals surface area contributed by atoms with Gasteiger partial charge in [0.1, 0.15) is 0 Å². The molecule has 5 heteroatoms. The molecular weight excluding hydrogens is 236 g/mol. The molecule has 0 unspecified atom stereocenters. The van der Waals surface area contributed by atoms with Gasteiger partial charge in [0.2, 0.25) is 10.0 Å².